The molecule has 0 aliphatic carbocycles. The van der Waals surface area contributed by atoms with Crippen LogP contribution in [0.2, 0.25) is 0 Å². The van der Waals surface area contributed by atoms with E-state index >= 15 is 0 Å². The molecule has 0 bridgehead atoms. The smallest absolute Gasteiger partial charge is 0.251 e. The number of hydrogen-bond acceptors (Lipinski definition) is 4. The maximum atomic E-state index is 12.6. The summed E-state index contributed by atoms with van der Waals surface area (Å²) >= 11 is 0. The SMILES string of the molecule is CC[C@H]1CN(c2ccc(S(=O)(=O)CC)cc2)CCN1CC(F)F. The van der Waals surface area contributed by atoms with Crippen LogP contribution >= 0.6 is 0 Å². The summed E-state index contributed by atoms with van der Waals surface area (Å²) in [5, 5.41) is 0. The van der Waals surface area contributed by atoms with Crippen molar-refractivity contribution in [2.45, 2.75) is 37.6 Å². The summed E-state index contributed by atoms with van der Waals surface area (Å²) in [6.07, 6.45) is -1.50. The van der Waals surface area contributed by atoms with E-state index in [0.29, 0.717) is 24.5 Å². The number of hydrogen-bond donors (Lipinski definition) is 0. The van der Waals surface area contributed by atoms with Crippen LogP contribution in [0.3, 0.4) is 0 Å². The molecule has 2 rings (SSSR count). The van der Waals surface area contributed by atoms with Gasteiger partial charge in [-0.1, -0.05) is 13.8 Å². The monoisotopic (exact) mass is 346 g/mol. The Kier molecular flexibility index (Phi) is 5.97. The number of sulfone groups is 1. The van der Waals surface area contributed by atoms with Crippen LogP contribution in [0.5, 0.6) is 0 Å². The van der Waals surface area contributed by atoms with Crippen molar-refractivity contribution in [3.05, 3.63) is 24.3 Å². The molecule has 1 heterocycles. The minimum Gasteiger partial charge on any atom is -0.369 e. The van der Waals surface area contributed by atoms with E-state index in [4.69, 9.17) is 0 Å². The van der Waals surface area contributed by atoms with Crippen molar-refractivity contribution in [3.63, 3.8) is 0 Å². The van der Waals surface area contributed by atoms with Crippen molar-refractivity contribution in [1.82, 2.24) is 4.90 Å². The van der Waals surface area contributed by atoms with E-state index in [1.807, 2.05) is 11.8 Å². The van der Waals surface area contributed by atoms with Gasteiger partial charge in [0.2, 0.25) is 0 Å². The first-order valence-corrected chi connectivity index (χ1v) is 9.62. The minimum atomic E-state index is -3.19. The average molecular weight is 346 g/mol. The molecule has 0 amide bonds. The zero-order valence-corrected chi connectivity index (χ0v) is 14.4. The number of halogens is 2. The Morgan fingerprint density at radius 3 is 2.35 bits per heavy atom. The first-order chi connectivity index (χ1) is 10.9. The molecule has 1 aromatic rings. The second-order valence-corrected chi connectivity index (χ2v) is 8.07. The zero-order chi connectivity index (χ0) is 17.0. The number of anilines is 1. The van der Waals surface area contributed by atoms with Crippen LogP contribution in [0.4, 0.5) is 14.5 Å². The topological polar surface area (TPSA) is 40.6 Å². The van der Waals surface area contributed by atoms with E-state index in [1.165, 1.54) is 0 Å². The highest BCUT2D eigenvalue weighted by molar-refractivity contribution is 7.91. The van der Waals surface area contributed by atoms with Gasteiger partial charge < -0.3 is 4.90 Å². The fraction of sp³-hybridized carbons (Fsp3) is 0.625. The van der Waals surface area contributed by atoms with Gasteiger partial charge in [0.05, 0.1) is 17.2 Å². The lowest BCUT2D eigenvalue weighted by molar-refractivity contribution is 0.0588. The van der Waals surface area contributed by atoms with Crippen LogP contribution in [-0.4, -0.2) is 57.7 Å². The lowest BCUT2D eigenvalue weighted by atomic mass is 10.1. The van der Waals surface area contributed by atoms with Crippen molar-refractivity contribution in [2.24, 2.45) is 0 Å². The highest BCUT2D eigenvalue weighted by Crippen LogP contribution is 2.23. The fourth-order valence-electron chi connectivity index (χ4n) is 2.96. The lowest BCUT2D eigenvalue weighted by Crippen LogP contribution is -2.54. The van der Waals surface area contributed by atoms with Gasteiger partial charge in [-0.05, 0) is 30.7 Å². The van der Waals surface area contributed by atoms with Crippen molar-refractivity contribution in [3.8, 4) is 0 Å². The molecule has 0 unspecified atom stereocenters. The normalized spacial score (nSPS) is 20.2. The average Bonchev–Trinajstić information content (AvgIpc) is 2.55. The minimum absolute atomic E-state index is 0.0799. The molecule has 4 nitrogen and oxygen atoms in total. The number of piperazine rings is 1. The van der Waals surface area contributed by atoms with E-state index in [9.17, 15) is 17.2 Å². The summed E-state index contributed by atoms with van der Waals surface area (Å²) < 4.78 is 48.9. The van der Waals surface area contributed by atoms with E-state index in [1.54, 1.807) is 31.2 Å². The molecule has 1 atom stereocenters. The van der Waals surface area contributed by atoms with Crippen LogP contribution in [0.15, 0.2) is 29.2 Å². The maximum Gasteiger partial charge on any atom is 0.251 e. The van der Waals surface area contributed by atoms with Crippen molar-refractivity contribution in [1.29, 1.82) is 0 Å². The third-order valence-electron chi connectivity index (χ3n) is 4.39. The van der Waals surface area contributed by atoms with Crippen LogP contribution in [-0.2, 0) is 9.84 Å². The molecule has 1 fully saturated rings. The number of rotatable bonds is 6. The largest absolute Gasteiger partial charge is 0.369 e. The van der Waals surface area contributed by atoms with E-state index in [0.717, 1.165) is 12.1 Å². The Morgan fingerprint density at radius 2 is 1.83 bits per heavy atom. The summed E-state index contributed by atoms with van der Waals surface area (Å²) in [5.41, 5.74) is 0.940. The zero-order valence-electron chi connectivity index (χ0n) is 13.6. The molecule has 0 N–H and O–H groups in total. The van der Waals surface area contributed by atoms with Crippen LogP contribution in [0.1, 0.15) is 20.3 Å². The Hall–Kier alpha value is -1.21. The molecule has 1 aromatic carbocycles. The Balaban J connectivity index is 2.09. The number of benzene rings is 1. The van der Waals surface area contributed by atoms with Gasteiger partial charge in [-0.3, -0.25) is 4.90 Å². The summed E-state index contributed by atoms with van der Waals surface area (Å²) in [5.74, 6) is 0.0799. The van der Waals surface area contributed by atoms with Crippen molar-refractivity contribution in [2.75, 3.05) is 36.8 Å². The van der Waals surface area contributed by atoms with Crippen molar-refractivity contribution < 1.29 is 17.2 Å². The summed E-state index contributed by atoms with van der Waals surface area (Å²) in [4.78, 5) is 4.31. The van der Waals surface area contributed by atoms with Gasteiger partial charge in [-0.25, -0.2) is 17.2 Å². The Labute approximate surface area is 137 Å². The standard InChI is InChI=1S/C16H24F2N2O2S/c1-3-13-11-19(9-10-20(13)12-16(17)18)14-5-7-15(8-6-14)23(21,22)4-2/h5-8,13,16H,3-4,9-12H2,1-2H3/t13-/m0/s1. The highest BCUT2D eigenvalue weighted by atomic mass is 32.2. The predicted octanol–water partition coefficient (Wildman–Crippen LogP) is 2.65. The van der Waals surface area contributed by atoms with Crippen LogP contribution in [0.25, 0.3) is 0 Å². The molecule has 130 valence electrons. The number of alkyl halides is 2. The second-order valence-electron chi connectivity index (χ2n) is 5.79. The molecule has 7 heteroatoms. The van der Waals surface area contributed by atoms with Crippen LogP contribution in [0, 0.1) is 0 Å². The van der Waals surface area contributed by atoms with Gasteiger partial charge in [0.25, 0.3) is 6.43 Å². The van der Waals surface area contributed by atoms with Gasteiger partial charge in [-0.15, -0.1) is 0 Å². The summed E-state index contributed by atoms with van der Waals surface area (Å²) in [6, 6.07) is 6.95. The van der Waals surface area contributed by atoms with E-state index < -0.39 is 16.3 Å². The van der Waals surface area contributed by atoms with Gasteiger partial charge in [0, 0.05) is 31.4 Å². The molecular weight excluding hydrogens is 322 g/mol. The predicted molar refractivity (Wildman–Crippen MR) is 88.0 cm³/mol. The molecular formula is C16H24F2N2O2S. The Bertz CT molecular complexity index is 605. The second kappa shape index (κ2) is 7.57. The molecule has 1 aliphatic heterocycles. The van der Waals surface area contributed by atoms with Gasteiger partial charge in [0.1, 0.15) is 0 Å². The fourth-order valence-corrected chi connectivity index (χ4v) is 3.85. The van der Waals surface area contributed by atoms with Gasteiger partial charge >= 0.3 is 0 Å². The number of nitrogens with zero attached hydrogens (tertiary/aromatic N) is 2. The highest BCUT2D eigenvalue weighted by Gasteiger charge is 2.27. The van der Waals surface area contributed by atoms with Gasteiger partial charge in [0.15, 0.2) is 9.84 Å². The molecule has 0 aromatic heterocycles. The van der Waals surface area contributed by atoms with Crippen LogP contribution < -0.4 is 4.90 Å². The molecule has 23 heavy (non-hydrogen) atoms. The summed E-state index contributed by atoms with van der Waals surface area (Å²) in [6.45, 7) is 5.39. The Morgan fingerprint density at radius 1 is 1.17 bits per heavy atom. The lowest BCUT2D eigenvalue weighted by Gasteiger charge is -2.42. The molecule has 0 saturated carbocycles. The first-order valence-electron chi connectivity index (χ1n) is 7.97. The first kappa shape index (κ1) is 18.1. The summed E-state index contributed by atoms with van der Waals surface area (Å²) in [7, 11) is -3.19. The van der Waals surface area contributed by atoms with E-state index in [-0.39, 0.29) is 18.3 Å². The van der Waals surface area contributed by atoms with E-state index in [2.05, 4.69) is 4.90 Å². The molecule has 0 spiro atoms. The third-order valence-corrected chi connectivity index (χ3v) is 6.14. The van der Waals surface area contributed by atoms with Crippen molar-refractivity contribution >= 4 is 15.5 Å². The quantitative estimate of drug-likeness (QED) is 0.794. The maximum absolute atomic E-state index is 12.6. The third kappa shape index (κ3) is 4.41. The van der Waals surface area contributed by atoms with Gasteiger partial charge in [-0.2, -0.15) is 0 Å². The molecule has 0 radical (unpaired) electrons. The molecule has 1 aliphatic rings. The molecule has 1 saturated heterocycles.